The largest absolute Gasteiger partial charge is 0.481 e. The van der Waals surface area contributed by atoms with Crippen LogP contribution < -0.4 is 0 Å². The quantitative estimate of drug-likeness (QED) is 0.0436. The van der Waals surface area contributed by atoms with E-state index >= 15 is 0 Å². The van der Waals surface area contributed by atoms with E-state index in [9.17, 15) is 9.59 Å². The summed E-state index contributed by atoms with van der Waals surface area (Å²) in [6.45, 7) is 4.47. The Balaban J connectivity index is 3.63. The molecular weight excluding hydrogens is 544 g/mol. The summed E-state index contributed by atoms with van der Waals surface area (Å²) in [7, 11) is 0. The van der Waals surface area contributed by atoms with Crippen molar-refractivity contribution in [3.05, 3.63) is 24.3 Å². The molecule has 0 bridgehead atoms. The Morgan fingerprint density at radius 1 is 0.500 bits per heavy atom. The minimum absolute atomic E-state index is 0.0694. The van der Waals surface area contributed by atoms with Gasteiger partial charge in [-0.25, -0.2) is 0 Å². The molecule has 0 amide bonds. The number of carbonyl (C=O) groups excluding carboxylic acids is 1. The summed E-state index contributed by atoms with van der Waals surface area (Å²) in [4.78, 5) is 23.1. The SMILES string of the molecule is CCCC/C=C\C(CCCCCCC(=O)O)OC(=O)CCCCCCCCCCCCC/C=C\CCCCCCCCCC. The highest BCUT2D eigenvalue weighted by atomic mass is 16.5. The van der Waals surface area contributed by atoms with Gasteiger partial charge in [-0.1, -0.05) is 160 Å². The summed E-state index contributed by atoms with van der Waals surface area (Å²) >= 11 is 0. The Labute approximate surface area is 274 Å². The van der Waals surface area contributed by atoms with Crippen LogP contribution in [0.4, 0.5) is 0 Å². The monoisotopic (exact) mass is 619 g/mol. The van der Waals surface area contributed by atoms with E-state index in [1.54, 1.807) is 0 Å². The van der Waals surface area contributed by atoms with Crippen LogP contribution in [-0.2, 0) is 14.3 Å². The van der Waals surface area contributed by atoms with Crippen LogP contribution in [0.1, 0.15) is 213 Å². The maximum absolute atomic E-state index is 12.4. The number of hydrogen-bond donors (Lipinski definition) is 1. The maximum atomic E-state index is 12.4. The van der Waals surface area contributed by atoms with Crippen molar-refractivity contribution >= 4 is 11.9 Å². The number of rotatable bonds is 35. The number of carboxylic acids is 1. The van der Waals surface area contributed by atoms with E-state index in [4.69, 9.17) is 9.84 Å². The molecule has 258 valence electrons. The summed E-state index contributed by atoms with van der Waals surface area (Å²) < 4.78 is 5.80. The third-order valence-electron chi connectivity index (χ3n) is 8.63. The van der Waals surface area contributed by atoms with E-state index in [1.807, 2.05) is 0 Å². The van der Waals surface area contributed by atoms with Crippen molar-refractivity contribution in [1.82, 2.24) is 0 Å². The van der Waals surface area contributed by atoms with Crippen molar-refractivity contribution in [2.24, 2.45) is 0 Å². The number of carboxylic acid groups (broad SMARTS) is 1. The highest BCUT2D eigenvalue weighted by molar-refractivity contribution is 5.69. The number of allylic oxidation sites excluding steroid dienone is 3. The molecule has 0 aromatic heterocycles. The molecule has 0 aliphatic carbocycles. The van der Waals surface area contributed by atoms with Crippen LogP contribution in [0.5, 0.6) is 0 Å². The molecule has 0 spiro atoms. The van der Waals surface area contributed by atoms with Crippen molar-refractivity contribution in [3.63, 3.8) is 0 Å². The van der Waals surface area contributed by atoms with E-state index in [0.29, 0.717) is 6.42 Å². The lowest BCUT2D eigenvalue weighted by Crippen LogP contribution is -2.16. The first-order valence-electron chi connectivity index (χ1n) is 19.3. The predicted molar refractivity (Wildman–Crippen MR) is 190 cm³/mol. The highest BCUT2D eigenvalue weighted by Gasteiger charge is 2.11. The molecule has 0 heterocycles. The van der Waals surface area contributed by atoms with Crippen LogP contribution >= 0.6 is 0 Å². The van der Waals surface area contributed by atoms with Gasteiger partial charge in [-0.05, 0) is 63.9 Å². The topological polar surface area (TPSA) is 63.6 Å². The lowest BCUT2D eigenvalue weighted by atomic mass is 10.0. The Hall–Kier alpha value is -1.58. The Morgan fingerprint density at radius 3 is 1.41 bits per heavy atom. The zero-order valence-electron chi connectivity index (χ0n) is 29.5. The Bertz CT molecular complexity index is 668. The number of hydrogen-bond acceptors (Lipinski definition) is 3. The molecule has 1 atom stereocenters. The van der Waals surface area contributed by atoms with Crippen LogP contribution in [0.15, 0.2) is 24.3 Å². The smallest absolute Gasteiger partial charge is 0.306 e. The van der Waals surface area contributed by atoms with Gasteiger partial charge >= 0.3 is 11.9 Å². The number of unbranched alkanes of at least 4 members (excludes halogenated alkanes) is 24. The van der Waals surface area contributed by atoms with Crippen LogP contribution in [0, 0.1) is 0 Å². The second-order valence-corrected chi connectivity index (χ2v) is 13.1. The molecule has 1 unspecified atom stereocenters. The van der Waals surface area contributed by atoms with Gasteiger partial charge < -0.3 is 9.84 Å². The van der Waals surface area contributed by atoms with E-state index in [1.165, 1.54) is 122 Å². The van der Waals surface area contributed by atoms with E-state index in [0.717, 1.165) is 64.2 Å². The van der Waals surface area contributed by atoms with Crippen LogP contribution in [-0.4, -0.2) is 23.1 Å². The fourth-order valence-corrected chi connectivity index (χ4v) is 5.72. The lowest BCUT2D eigenvalue weighted by Gasteiger charge is -2.15. The van der Waals surface area contributed by atoms with Gasteiger partial charge in [0.2, 0.25) is 0 Å². The van der Waals surface area contributed by atoms with Gasteiger partial charge in [0.15, 0.2) is 0 Å². The molecule has 0 aromatic rings. The molecule has 0 aliphatic rings. The molecule has 0 aromatic carbocycles. The molecule has 4 heteroatoms. The first kappa shape index (κ1) is 42.4. The van der Waals surface area contributed by atoms with Gasteiger partial charge in [0, 0.05) is 12.8 Å². The minimum atomic E-state index is -0.723. The third-order valence-corrected chi connectivity index (χ3v) is 8.63. The van der Waals surface area contributed by atoms with Gasteiger partial charge in [0.1, 0.15) is 6.10 Å². The first-order valence-corrected chi connectivity index (χ1v) is 19.3. The van der Waals surface area contributed by atoms with E-state index < -0.39 is 5.97 Å². The van der Waals surface area contributed by atoms with Crippen molar-refractivity contribution in [3.8, 4) is 0 Å². The molecule has 44 heavy (non-hydrogen) atoms. The van der Waals surface area contributed by atoms with Gasteiger partial charge in [0.25, 0.3) is 0 Å². The van der Waals surface area contributed by atoms with Crippen LogP contribution in [0.3, 0.4) is 0 Å². The van der Waals surface area contributed by atoms with Gasteiger partial charge in [-0.2, -0.15) is 0 Å². The zero-order chi connectivity index (χ0) is 32.2. The van der Waals surface area contributed by atoms with E-state index in [2.05, 4.69) is 38.2 Å². The molecule has 0 fully saturated rings. The number of esters is 1. The molecule has 0 rings (SSSR count). The summed E-state index contributed by atoms with van der Waals surface area (Å²) in [6, 6.07) is 0. The summed E-state index contributed by atoms with van der Waals surface area (Å²) in [5, 5.41) is 8.77. The zero-order valence-corrected chi connectivity index (χ0v) is 29.5. The Morgan fingerprint density at radius 2 is 0.909 bits per heavy atom. The molecule has 0 saturated carbocycles. The standard InChI is InChI=1S/C40H74O4/c1-3-5-7-9-10-11-12-13-14-15-16-17-18-19-20-21-22-23-24-25-26-27-33-37-40(43)44-38(34-30-8-6-4-2)35-31-28-29-32-36-39(41)42/h15-16,30,34,38H,3-14,17-29,31-33,35-37H2,1-2H3,(H,41,42)/b16-15-,34-30-. The first-order chi connectivity index (χ1) is 21.6. The average Bonchev–Trinajstić information content (AvgIpc) is 3.01. The normalized spacial score (nSPS) is 12.4. The number of carbonyl (C=O) groups is 2. The second kappa shape index (κ2) is 35.9. The van der Waals surface area contributed by atoms with Crippen molar-refractivity contribution in [2.45, 2.75) is 219 Å². The van der Waals surface area contributed by atoms with Crippen molar-refractivity contribution in [1.29, 1.82) is 0 Å². The van der Waals surface area contributed by atoms with Crippen LogP contribution in [0.25, 0.3) is 0 Å². The molecule has 0 aliphatic heterocycles. The maximum Gasteiger partial charge on any atom is 0.306 e. The van der Waals surface area contributed by atoms with Gasteiger partial charge in [-0.15, -0.1) is 0 Å². The molecule has 0 radical (unpaired) electrons. The Kier molecular flexibility index (Phi) is 34.6. The van der Waals surface area contributed by atoms with Crippen molar-refractivity contribution < 1.29 is 19.4 Å². The van der Waals surface area contributed by atoms with Crippen molar-refractivity contribution in [2.75, 3.05) is 0 Å². The fourth-order valence-electron chi connectivity index (χ4n) is 5.72. The number of aliphatic carboxylic acids is 1. The fraction of sp³-hybridized carbons (Fsp3) is 0.850. The lowest BCUT2D eigenvalue weighted by molar-refractivity contribution is -0.147. The second-order valence-electron chi connectivity index (χ2n) is 13.1. The summed E-state index contributed by atoms with van der Waals surface area (Å²) in [6.07, 6.45) is 45.3. The molecule has 0 saturated heterocycles. The summed E-state index contributed by atoms with van der Waals surface area (Å²) in [5.41, 5.74) is 0. The van der Waals surface area contributed by atoms with Crippen LogP contribution in [0.2, 0.25) is 0 Å². The molecule has 1 N–H and O–H groups in total. The highest BCUT2D eigenvalue weighted by Crippen LogP contribution is 2.16. The third kappa shape index (κ3) is 34.9. The minimum Gasteiger partial charge on any atom is -0.481 e. The average molecular weight is 619 g/mol. The van der Waals surface area contributed by atoms with Gasteiger partial charge in [0.05, 0.1) is 0 Å². The predicted octanol–water partition coefficient (Wildman–Crippen LogP) is 13.2. The number of ether oxygens (including phenoxy) is 1. The molecular formula is C40H74O4. The van der Waals surface area contributed by atoms with E-state index in [-0.39, 0.29) is 18.5 Å². The summed E-state index contributed by atoms with van der Waals surface area (Å²) in [5.74, 6) is -0.792. The van der Waals surface area contributed by atoms with Gasteiger partial charge in [-0.3, -0.25) is 9.59 Å². The molecule has 4 nitrogen and oxygen atoms in total.